The Bertz CT molecular complexity index is 653. The van der Waals surface area contributed by atoms with Crippen LogP contribution in [-0.2, 0) is 7.05 Å². The fourth-order valence-electron chi connectivity index (χ4n) is 1.74. The standard InChI is InChI=1S/C11H9ClN4/c1-15-7-8(5-14-15)10-6-13-11-9(12)3-2-4-16(10)11/h2-7H,1H3. The first-order valence-electron chi connectivity index (χ1n) is 4.86. The van der Waals surface area contributed by atoms with E-state index >= 15 is 0 Å². The van der Waals surface area contributed by atoms with Crippen LogP contribution in [0.15, 0.2) is 36.9 Å². The van der Waals surface area contributed by atoms with Gasteiger partial charge in [0.25, 0.3) is 0 Å². The second-order valence-corrected chi connectivity index (χ2v) is 4.00. The zero-order valence-electron chi connectivity index (χ0n) is 8.63. The fourth-order valence-corrected chi connectivity index (χ4v) is 1.96. The molecule has 0 atom stereocenters. The Morgan fingerprint density at radius 3 is 2.94 bits per heavy atom. The van der Waals surface area contributed by atoms with Crippen molar-refractivity contribution < 1.29 is 0 Å². The molecular weight excluding hydrogens is 224 g/mol. The summed E-state index contributed by atoms with van der Waals surface area (Å²) in [5.74, 6) is 0. The molecule has 0 aromatic carbocycles. The van der Waals surface area contributed by atoms with Crippen molar-refractivity contribution >= 4 is 17.2 Å². The lowest BCUT2D eigenvalue weighted by atomic mass is 10.3. The largest absolute Gasteiger partial charge is 0.298 e. The molecule has 0 spiro atoms. The van der Waals surface area contributed by atoms with E-state index in [1.54, 1.807) is 10.9 Å². The monoisotopic (exact) mass is 232 g/mol. The van der Waals surface area contributed by atoms with E-state index in [4.69, 9.17) is 11.6 Å². The topological polar surface area (TPSA) is 35.1 Å². The van der Waals surface area contributed by atoms with Gasteiger partial charge in [0.15, 0.2) is 5.65 Å². The Labute approximate surface area is 97.1 Å². The number of imidazole rings is 1. The molecule has 0 bridgehead atoms. The van der Waals surface area contributed by atoms with Gasteiger partial charge in [-0.05, 0) is 12.1 Å². The van der Waals surface area contributed by atoms with Gasteiger partial charge in [0.1, 0.15) is 0 Å². The van der Waals surface area contributed by atoms with Crippen LogP contribution in [0, 0.1) is 0 Å². The van der Waals surface area contributed by atoms with E-state index in [0.29, 0.717) is 5.02 Å². The zero-order valence-corrected chi connectivity index (χ0v) is 9.39. The predicted octanol–water partition coefficient (Wildman–Crippen LogP) is 2.39. The number of pyridine rings is 1. The number of hydrogen-bond acceptors (Lipinski definition) is 2. The van der Waals surface area contributed by atoms with Gasteiger partial charge < -0.3 is 0 Å². The van der Waals surface area contributed by atoms with Crippen LogP contribution in [0.2, 0.25) is 5.02 Å². The summed E-state index contributed by atoms with van der Waals surface area (Å²) in [6.07, 6.45) is 7.50. The lowest BCUT2D eigenvalue weighted by Crippen LogP contribution is -1.87. The number of nitrogens with zero attached hydrogens (tertiary/aromatic N) is 4. The highest BCUT2D eigenvalue weighted by Crippen LogP contribution is 2.23. The average Bonchev–Trinajstić information content (AvgIpc) is 2.84. The van der Waals surface area contributed by atoms with Crippen molar-refractivity contribution in [2.45, 2.75) is 0 Å². The molecule has 0 radical (unpaired) electrons. The minimum Gasteiger partial charge on any atom is -0.298 e. The van der Waals surface area contributed by atoms with Gasteiger partial charge in [-0.25, -0.2) is 4.98 Å². The van der Waals surface area contributed by atoms with Gasteiger partial charge in [-0.1, -0.05) is 11.6 Å². The van der Waals surface area contributed by atoms with Crippen LogP contribution >= 0.6 is 11.6 Å². The Morgan fingerprint density at radius 1 is 1.31 bits per heavy atom. The lowest BCUT2D eigenvalue weighted by Gasteiger charge is -1.98. The third kappa shape index (κ3) is 1.31. The second kappa shape index (κ2) is 3.35. The van der Waals surface area contributed by atoms with Crippen LogP contribution in [0.1, 0.15) is 0 Å². The SMILES string of the molecule is Cn1cc(-c2cnc3c(Cl)cccn23)cn1. The van der Waals surface area contributed by atoms with Crippen LogP contribution in [-0.4, -0.2) is 19.2 Å². The van der Waals surface area contributed by atoms with Crippen molar-refractivity contribution in [3.8, 4) is 11.3 Å². The molecule has 0 unspecified atom stereocenters. The van der Waals surface area contributed by atoms with Crippen molar-refractivity contribution in [2.24, 2.45) is 7.05 Å². The summed E-state index contributed by atoms with van der Waals surface area (Å²) < 4.78 is 3.72. The van der Waals surface area contributed by atoms with Gasteiger partial charge in [0.2, 0.25) is 0 Å². The third-order valence-corrected chi connectivity index (χ3v) is 2.78. The molecule has 3 heterocycles. The Morgan fingerprint density at radius 2 is 2.19 bits per heavy atom. The molecule has 80 valence electrons. The van der Waals surface area contributed by atoms with E-state index in [1.165, 1.54) is 0 Å². The highest BCUT2D eigenvalue weighted by Gasteiger charge is 2.08. The zero-order chi connectivity index (χ0) is 11.1. The summed E-state index contributed by atoms with van der Waals surface area (Å²) in [5.41, 5.74) is 2.78. The first-order valence-corrected chi connectivity index (χ1v) is 5.24. The summed E-state index contributed by atoms with van der Waals surface area (Å²) in [6, 6.07) is 3.73. The van der Waals surface area contributed by atoms with Crippen molar-refractivity contribution in [3.05, 3.63) is 41.9 Å². The molecule has 0 fully saturated rings. The molecule has 3 aromatic heterocycles. The summed E-state index contributed by atoms with van der Waals surface area (Å²) in [4.78, 5) is 4.30. The average molecular weight is 233 g/mol. The van der Waals surface area contributed by atoms with E-state index in [2.05, 4.69) is 10.1 Å². The first kappa shape index (κ1) is 9.42. The summed E-state index contributed by atoms with van der Waals surface area (Å²) in [5, 5.41) is 4.79. The number of fused-ring (bicyclic) bond motifs is 1. The van der Waals surface area contributed by atoms with Crippen molar-refractivity contribution in [2.75, 3.05) is 0 Å². The van der Waals surface area contributed by atoms with Crippen LogP contribution in [0.25, 0.3) is 16.9 Å². The molecule has 3 rings (SSSR count). The maximum Gasteiger partial charge on any atom is 0.156 e. The Hall–Kier alpha value is -1.81. The molecule has 0 saturated heterocycles. The molecule has 5 heteroatoms. The van der Waals surface area contributed by atoms with E-state index in [9.17, 15) is 0 Å². The van der Waals surface area contributed by atoms with Crippen molar-refractivity contribution in [3.63, 3.8) is 0 Å². The Balaban J connectivity index is 2.29. The smallest absolute Gasteiger partial charge is 0.156 e. The highest BCUT2D eigenvalue weighted by atomic mass is 35.5. The predicted molar refractivity (Wildman–Crippen MR) is 62.4 cm³/mol. The van der Waals surface area contributed by atoms with Gasteiger partial charge in [-0.15, -0.1) is 0 Å². The van der Waals surface area contributed by atoms with E-state index in [1.807, 2.05) is 42.2 Å². The molecule has 0 aliphatic carbocycles. The molecule has 0 saturated carbocycles. The summed E-state index contributed by atoms with van der Waals surface area (Å²) in [7, 11) is 1.89. The lowest BCUT2D eigenvalue weighted by molar-refractivity contribution is 0.768. The molecule has 0 amide bonds. The quantitative estimate of drug-likeness (QED) is 0.646. The number of halogens is 1. The Kier molecular flexibility index (Phi) is 1.97. The highest BCUT2D eigenvalue weighted by molar-refractivity contribution is 6.33. The fraction of sp³-hybridized carbons (Fsp3) is 0.0909. The van der Waals surface area contributed by atoms with Gasteiger partial charge in [0.05, 0.1) is 23.1 Å². The summed E-state index contributed by atoms with van der Waals surface area (Å²) in [6.45, 7) is 0. The first-order chi connectivity index (χ1) is 7.75. The van der Waals surface area contributed by atoms with Crippen molar-refractivity contribution in [1.29, 1.82) is 0 Å². The third-order valence-electron chi connectivity index (χ3n) is 2.49. The number of hydrogen-bond donors (Lipinski definition) is 0. The van der Waals surface area contributed by atoms with Gasteiger partial charge in [-0.2, -0.15) is 5.10 Å². The van der Waals surface area contributed by atoms with E-state index in [-0.39, 0.29) is 0 Å². The van der Waals surface area contributed by atoms with E-state index < -0.39 is 0 Å². The minimum atomic E-state index is 0.651. The number of aromatic nitrogens is 4. The molecule has 16 heavy (non-hydrogen) atoms. The minimum absolute atomic E-state index is 0.651. The van der Waals surface area contributed by atoms with E-state index in [0.717, 1.165) is 16.9 Å². The molecule has 0 N–H and O–H groups in total. The molecule has 0 aliphatic rings. The molecular formula is C11H9ClN4. The molecule has 4 nitrogen and oxygen atoms in total. The molecule has 3 aromatic rings. The number of rotatable bonds is 1. The summed E-state index contributed by atoms with van der Waals surface area (Å²) >= 11 is 6.06. The maximum atomic E-state index is 6.06. The van der Waals surface area contributed by atoms with Crippen LogP contribution in [0.4, 0.5) is 0 Å². The molecule has 0 aliphatic heterocycles. The van der Waals surface area contributed by atoms with Crippen LogP contribution in [0.5, 0.6) is 0 Å². The normalized spacial score (nSPS) is 11.1. The van der Waals surface area contributed by atoms with Crippen LogP contribution < -0.4 is 0 Å². The van der Waals surface area contributed by atoms with Crippen LogP contribution in [0.3, 0.4) is 0 Å². The van der Waals surface area contributed by atoms with Gasteiger partial charge >= 0.3 is 0 Å². The maximum absolute atomic E-state index is 6.06. The van der Waals surface area contributed by atoms with Crippen molar-refractivity contribution in [1.82, 2.24) is 19.2 Å². The van der Waals surface area contributed by atoms with Gasteiger partial charge in [-0.3, -0.25) is 9.08 Å². The number of aryl methyl sites for hydroxylation is 1. The second-order valence-electron chi connectivity index (χ2n) is 3.60. The van der Waals surface area contributed by atoms with Gasteiger partial charge in [0, 0.05) is 25.0 Å².